The van der Waals surface area contributed by atoms with Crippen LogP contribution in [0.2, 0.25) is 0 Å². The van der Waals surface area contributed by atoms with Crippen LogP contribution >= 0.6 is 0 Å². The van der Waals surface area contributed by atoms with Crippen LogP contribution in [0.1, 0.15) is 16.1 Å². The number of benzene rings is 1. The van der Waals surface area contributed by atoms with Crippen molar-refractivity contribution in [1.82, 2.24) is 10.1 Å². The molecule has 7 heteroatoms. The molecule has 1 N–H and O–H groups in total. The minimum atomic E-state index is -0.0921. The predicted molar refractivity (Wildman–Crippen MR) is 86.4 cm³/mol. The predicted octanol–water partition coefficient (Wildman–Crippen LogP) is 0.233. The van der Waals surface area contributed by atoms with Crippen molar-refractivity contribution in [2.24, 2.45) is 0 Å². The number of piperazine rings is 1. The summed E-state index contributed by atoms with van der Waals surface area (Å²) in [6.45, 7) is 3.98. The van der Waals surface area contributed by atoms with Crippen LogP contribution in [0.4, 0.5) is 0 Å². The molecule has 0 bridgehead atoms. The minimum absolute atomic E-state index is 0.0921. The molecule has 1 aliphatic rings. The van der Waals surface area contributed by atoms with E-state index in [1.807, 2.05) is 23.1 Å². The maximum absolute atomic E-state index is 12.3. The van der Waals surface area contributed by atoms with Crippen molar-refractivity contribution in [1.29, 1.82) is 0 Å². The van der Waals surface area contributed by atoms with Gasteiger partial charge < -0.3 is 23.8 Å². The largest absolute Gasteiger partial charge is 0.497 e. The Kier molecular flexibility index (Phi) is 5.00. The first-order valence-corrected chi connectivity index (χ1v) is 7.95. The molecule has 3 rings (SSSR count). The van der Waals surface area contributed by atoms with Crippen LogP contribution in [0.25, 0.3) is 0 Å². The molecule has 1 amide bonds. The van der Waals surface area contributed by atoms with Crippen molar-refractivity contribution >= 4 is 5.91 Å². The molecule has 7 nitrogen and oxygen atoms in total. The van der Waals surface area contributed by atoms with Gasteiger partial charge in [0.25, 0.3) is 5.91 Å². The second-order valence-corrected chi connectivity index (χ2v) is 5.77. The van der Waals surface area contributed by atoms with Crippen molar-refractivity contribution in [2.45, 2.75) is 6.54 Å². The number of nitrogens with zero attached hydrogens (tertiary/aromatic N) is 2. The van der Waals surface area contributed by atoms with Crippen molar-refractivity contribution in [3.63, 3.8) is 0 Å². The highest BCUT2D eigenvalue weighted by molar-refractivity contribution is 5.91. The molecule has 1 aliphatic heterocycles. The molecule has 0 radical (unpaired) electrons. The third-order valence-electron chi connectivity index (χ3n) is 4.33. The Balaban J connectivity index is 1.60. The van der Waals surface area contributed by atoms with Gasteiger partial charge >= 0.3 is 0 Å². The Labute approximate surface area is 140 Å². The Morgan fingerprint density at radius 3 is 2.67 bits per heavy atom. The summed E-state index contributed by atoms with van der Waals surface area (Å²) in [7, 11) is 3.33. The van der Waals surface area contributed by atoms with Gasteiger partial charge in [0.15, 0.2) is 0 Å². The monoisotopic (exact) mass is 332 g/mol. The van der Waals surface area contributed by atoms with Crippen LogP contribution in [0.15, 0.2) is 35.0 Å². The first-order valence-electron chi connectivity index (χ1n) is 7.95. The summed E-state index contributed by atoms with van der Waals surface area (Å²) in [5.74, 6) is 1.89. The molecule has 2 heterocycles. The smallest absolute Gasteiger partial charge is 0.292 e. The standard InChI is InChI=1S/C17H21N3O4/c1-22-14-3-4-15(23-2)13(11-14)12-19-7-9-20(10-8-19)17(21)16-5-6-18-24-16/h3-6,11H,7-10,12H2,1-2H3/p+1. The number of quaternary nitrogens is 1. The van der Waals surface area contributed by atoms with Crippen LogP contribution in [0.5, 0.6) is 11.5 Å². The Hall–Kier alpha value is -2.54. The van der Waals surface area contributed by atoms with E-state index in [-0.39, 0.29) is 5.91 Å². The fourth-order valence-corrected chi connectivity index (χ4v) is 2.97. The normalized spacial score (nSPS) is 15.3. The number of carbonyl (C=O) groups is 1. The van der Waals surface area contributed by atoms with Gasteiger partial charge in [-0.05, 0) is 18.2 Å². The molecule has 0 spiro atoms. The van der Waals surface area contributed by atoms with E-state index < -0.39 is 0 Å². The lowest BCUT2D eigenvalue weighted by Gasteiger charge is -2.31. The molecule has 1 aromatic heterocycles. The maximum Gasteiger partial charge on any atom is 0.292 e. The number of aromatic nitrogens is 1. The first kappa shape index (κ1) is 16.3. The minimum Gasteiger partial charge on any atom is -0.497 e. The molecule has 1 aromatic carbocycles. The summed E-state index contributed by atoms with van der Waals surface area (Å²) in [4.78, 5) is 15.5. The Bertz CT molecular complexity index is 679. The molecule has 24 heavy (non-hydrogen) atoms. The van der Waals surface area contributed by atoms with Gasteiger partial charge in [-0.2, -0.15) is 0 Å². The molecular formula is C17H22N3O4+. The van der Waals surface area contributed by atoms with Crippen LogP contribution in [0.3, 0.4) is 0 Å². The summed E-state index contributed by atoms with van der Waals surface area (Å²) in [5.41, 5.74) is 1.11. The summed E-state index contributed by atoms with van der Waals surface area (Å²) < 4.78 is 15.7. The third kappa shape index (κ3) is 3.51. The van der Waals surface area contributed by atoms with Crippen LogP contribution in [-0.4, -0.2) is 56.4 Å². The van der Waals surface area contributed by atoms with Gasteiger partial charge in [-0.15, -0.1) is 0 Å². The molecule has 1 fully saturated rings. The second-order valence-electron chi connectivity index (χ2n) is 5.77. The lowest BCUT2D eigenvalue weighted by atomic mass is 10.1. The number of hydrogen-bond acceptors (Lipinski definition) is 5. The quantitative estimate of drug-likeness (QED) is 0.849. The molecule has 0 atom stereocenters. The van der Waals surface area contributed by atoms with Crippen LogP contribution < -0.4 is 14.4 Å². The molecule has 0 unspecified atom stereocenters. The average molecular weight is 332 g/mol. The van der Waals surface area contributed by atoms with Crippen molar-refractivity contribution in [2.75, 3.05) is 40.4 Å². The SMILES string of the molecule is COc1ccc(OC)c(C[NH+]2CCN(C(=O)c3ccno3)CC2)c1. The molecule has 2 aromatic rings. The van der Waals surface area contributed by atoms with Crippen LogP contribution in [-0.2, 0) is 6.54 Å². The summed E-state index contributed by atoms with van der Waals surface area (Å²) in [5, 5.41) is 3.59. The van der Waals surface area contributed by atoms with E-state index in [4.69, 9.17) is 14.0 Å². The maximum atomic E-state index is 12.3. The molecular weight excluding hydrogens is 310 g/mol. The van der Waals surface area contributed by atoms with Crippen molar-refractivity contribution in [3.05, 3.63) is 41.8 Å². The zero-order valence-electron chi connectivity index (χ0n) is 13.9. The lowest BCUT2D eigenvalue weighted by molar-refractivity contribution is -0.917. The van der Waals surface area contributed by atoms with Crippen LogP contribution in [0, 0.1) is 0 Å². The Morgan fingerprint density at radius 1 is 1.25 bits per heavy atom. The van der Waals surface area contributed by atoms with E-state index >= 15 is 0 Å². The first-order chi connectivity index (χ1) is 11.7. The number of nitrogens with one attached hydrogen (secondary N) is 1. The van der Waals surface area contributed by atoms with Gasteiger partial charge in [0.05, 0.1) is 52.2 Å². The summed E-state index contributed by atoms with van der Waals surface area (Å²) in [6.07, 6.45) is 1.49. The number of hydrogen-bond donors (Lipinski definition) is 1. The third-order valence-corrected chi connectivity index (χ3v) is 4.33. The summed E-state index contributed by atoms with van der Waals surface area (Å²) in [6, 6.07) is 7.43. The van der Waals surface area contributed by atoms with Gasteiger partial charge in [-0.25, -0.2) is 0 Å². The van der Waals surface area contributed by atoms with E-state index in [1.54, 1.807) is 20.3 Å². The number of carbonyl (C=O) groups excluding carboxylic acids is 1. The topological polar surface area (TPSA) is 69.2 Å². The summed E-state index contributed by atoms with van der Waals surface area (Å²) >= 11 is 0. The zero-order chi connectivity index (χ0) is 16.9. The number of rotatable bonds is 5. The lowest BCUT2D eigenvalue weighted by Crippen LogP contribution is -3.13. The van der Waals surface area contributed by atoms with Crippen molar-refractivity contribution in [3.8, 4) is 11.5 Å². The van der Waals surface area contributed by atoms with Gasteiger partial charge in [0, 0.05) is 6.07 Å². The Morgan fingerprint density at radius 2 is 2.04 bits per heavy atom. The van der Waals surface area contributed by atoms with Gasteiger partial charge in [0.2, 0.25) is 5.76 Å². The number of ether oxygens (including phenoxy) is 2. The second kappa shape index (κ2) is 7.35. The number of methoxy groups -OCH3 is 2. The average Bonchev–Trinajstić information content (AvgIpc) is 3.16. The fourth-order valence-electron chi connectivity index (χ4n) is 2.97. The van der Waals surface area contributed by atoms with E-state index in [0.29, 0.717) is 18.8 Å². The molecule has 1 saturated heterocycles. The van der Waals surface area contributed by atoms with E-state index in [1.165, 1.54) is 11.1 Å². The molecule has 128 valence electrons. The zero-order valence-corrected chi connectivity index (χ0v) is 13.9. The number of amides is 1. The van der Waals surface area contributed by atoms with Gasteiger partial charge in [-0.1, -0.05) is 5.16 Å². The van der Waals surface area contributed by atoms with E-state index in [9.17, 15) is 4.79 Å². The van der Waals surface area contributed by atoms with E-state index in [2.05, 4.69) is 5.16 Å². The highest BCUT2D eigenvalue weighted by Crippen LogP contribution is 2.23. The van der Waals surface area contributed by atoms with Gasteiger partial charge in [0.1, 0.15) is 18.0 Å². The fraction of sp³-hybridized carbons (Fsp3) is 0.412. The molecule has 0 saturated carbocycles. The van der Waals surface area contributed by atoms with E-state index in [0.717, 1.165) is 36.7 Å². The van der Waals surface area contributed by atoms with Crippen molar-refractivity contribution < 1.29 is 23.7 Å². The van der Waals surface area contributed by atoms with Gasteiger partial charge in [-0.3, -0.25) is 4.79 Å². The molecule has 0 aliphatic carbocycles. The highest BCUT2D eigenvalue weighted by Gasteiger charge is 2.27. The highest BCUT2D eigenvalue weighted by atomic mass is 16.5.